The first-order chi connectivity index (χ1) is 14.9. The lowest BCUT2D eigenvalue weighted by atomic mass is 10.1. The predicted molar refractivity (Wildman–Crippen MR) is 115 cm³/mol. The highest BCUT2D eigenvalue weighted by Gasteiger charge is 2.17. The van der Waals surface area contributed by atoms with E-state index in [4.69, 9.17) is 10.5 Å². The maximum absolute atomic E-state index is 14.5. The van der Waals surface area contributed by atoms with Crippen LogP contribution in [0.2, 0.25) is 0 Å². The second-order valence-electron chi connectivity index (χ2n) is 6.63. The second kappa shape index (κ2) is 9.66. The van der Waals surface area contributed by atoms with Gasteiger partial charge < -0.3 is 15.8 Å². The first-order valence-corrected chi connectivity index (χ1v) is 9.54. The van der Waals surface area contributed by atoms with E-state index < -0.39 is 11.9 Å². The number of ether oxygens (including phenoxy) is 1. The molecule has 8 nitrogen and oxygen atoms in total. The highest BCUT2D eigenvalue weighted by Crippen LogP contribution is 2.25. The van der Waals surface area contributed by atoms with Gasteiger partial charge in [-0.2, -0.15) is 0 Å². The molecule has 3 rings (SSSR count). The third-order valence-electron chi connectivity index (χ3n) is 4.47. The lowest BCUT2D eigenvalue weighted by Gasteiger charge is -2.17. The molecule has 0 spiro atoms. The Bertz CT molecular complexity index is 1070. The van der Waals surface area contributed by atoms with Crippen LogP contribution in [-0.4, -0.2) is 35.6 Å². The number of hydrogen-bond acceptors (Lipinski definition) is 6. The van der Waals surface area contributed by atoms with Gasteiger partial charge in [-0.1, -0.05) is 12.1 Å². The molecule has 0 saturated carbocycles. The van der Waals surface area contributed by atoms with Gasteiger partial charge in [0.15, 0.2) is 0 Å². The Morgan fingerprint density at radius 1 is 1.13 bits per heavy atom. The molecule has 9 heteroatoms. The van der Waals surface area contributed by atoms with Crippen molar-refractivity contribution in [3.8, 4) is 11.3 Å². The Morgan fingerprint density at radius 3 is 2.55 bits per heavy atom. The first kappa shape index (κ1) is 21.7. The molecule has 31 heavy (non-hydrogen) atoms. The minimum absolute atomic E-state index is 0.0929. The van der Waals surface area contributed by atoms with Crippen LogP contribution in [0.5, 0.6) is 0 Å². The Kier molecular flexibility index (Phi) is 6.76. The number of nitrogen functional groups attached to an aromatic ring is 1. The summed E-state index contributed by atoms with van der Waals surface area (Å²) in [7, 11) is 1.43. The van der Waals surface area contributed by atoms with Gasteiger partial charge in [0.2, 0.25) is 0 Å². The van der Waals surface area contributed by atoms with Gasteiger partial charge in [-0.15, -0.1) is 0 Å². The first-order valence-electron chi connectivity index (χ1n) is 9.54. The zero-order valence-corrected chi connectivity index (χ0v) is 17.1. The number of amides is 2. The molecule has 0 aliphatic heterocycles. The van der Waals surface area contributed by atoms with Crippen LogP contribution in [0.1, 0.15) is 22.8 Å². The monoisotopic (exact) mass is 423 g/mol. The topological polar surface area (TPSA) is 110 Å². The van der Waals surface area contributed by atoms with Crippen molar-refractivity contribution in [1.82, 2.24) is 15.3 Å². The zero-order valence-electron chi connectivity index (χ0n) is 17.1. The molecule has 0 radical (unpaired) electrons. The molecule has 160 valence electrons. The summed E-state index contributed by atoms with van der Waals surface area (Å²) in [5.74, 6) is -0.478. The molecule has 3 N–H and O–H groups in total. The molecule has 0 fully saturated rings. The van der Waals surface area contributed by atoms with Crippen molar-refractivity contribution in [3.63, 3.8) is 0 Å². The van der Waals surface area contributed by atoms with Crippen LogP contribution >= 0.6 is 0 Å². The van der Waals surface area contributed by atoms with Crippen LogP contribution < -0.4 is 16.0 Å². The van der Waals surface area contributed by atoms with E-state index in [0.717, 1.165) is 10.5 Å². The van der Waals surface area contributed by atoms with Gasteiger partial charge in [-0.3, -0.25) is 14.7 Å². The lowest BCUT2D eigenvalue weighted by Crippen LogP contribution is -2.27. The van der Waals surface area contributed by atoms with E-state index in [2.05, 4.69) is 15.3 Å². The average Bonchev–Trinajstić information content (AvgIpc) is 2.78. The Balaban J connectivity index is 1.67. The minimum atomic E-state index is -0.641. The molecule has 0 aliphatic carbocycles. The van der Waals surface area contributed by atoms with Crippen molar-refractivity contribution in [2.24, 2.45) is 0 Å². The number of nitrogens with one attached hydrogen (secondary N) is 1. The van der Waals surface area contributed by atoms with Crippen molar-refractivity contribution in [3.05, 3.63) is 71.8 Å². The normalized spacial score (nSPS) is 10.4. The number of anilines is 2. The van der Waals surface area contributed by atoms with Crippen LogP contribution in [-0.2, 0) is 11.3 Å². The largest absolute Gasteiger partial charge is 0.449 e. The number of carbonyl (C=O) groups is 2. The Labute approximate surface area is 178 Å². The molecule has 2 heterocycles. The molecule has 2 amide bonds. The van der Waals surface area contributed by atoms with Gasteiger partial charge in [-0.25, -0.2) is 14.2 Å². The second-order valence-corrected chi connectivity index (χ2v) is 6.63. The standard InChI is InChI=1S/C22H22FN5O3/c1-3-31-22(30)28(2)19-8-6-15(10-17(19)23)18-7-5-16(13-25-18)21(29)27-12-14-4-9-20(24)26-11-14/h4-11,13H,3,12H2,1-2H3,(H2,24,26)(H,27,29). The summed E-state index contributed by atoms with van der Waals surface area (Å²) in [4.78, 5) is 33.4. The van der Waals surface area contributed by atoms with Gasteiger partial charge in [0, 0.05) is 31.5 Å². The maximum atomic E-state index is 14.5. The number of carbonyl (C=O) groups excluding carboxylic acids is 2. The third-order valence-corrected chi connectivity index (χ3v) is 4.47. The number of nitrogens with zero attached hydrogens (tertiary/aromatic N) is 3. The summed E-state index contributed by atoms with van der Waals surface area (Å²) in [6.45, 7) is 2.17. The number of pyridine rings is 2. The van der Waals surface area contributed by atoms with Crippen LogP contribution in [0.4, 0.5) is 20.7 Å². The summed E-state index contributed by atoms with van der Waals surface area (Å²) in [5.41, 5.74) is 7.82. The van der Waals surface area contributed by atoms with Crippen LogP contribution in [0.15, 0.2) is 54.9 Å². The van der Waals surface area contributed by atoms with Crippen molar-refractivity contribution in [2.45, 2.75) is 13.5 Å². The number of hydrogen-bond donors (Lipinski definition) is 2. The number of nitrogens with two attached hydrogens (primary N) is 1. The van der Waals surface area contributed by atoms with E-state index in [0.29, 0.717) is 29.2 Å². The number of rotatable bonds is 6. The molecule has 0 bridgehead atoms. The molecule has 3 aromatic rings. The van der Waals surface area contributed by atoms with Crippen molar-refractivity contribution >= 4 is 23.5 Å². The van der Waals surface area contributed by atoms with Gasteiger partial charge in [0.25, 0.3) is 5.91 Å². The lowest BCUT2D eigenvalue weighted by molar-refractivity contribution is 0.0950. The van der Waals surface area contributed by atoms with Gasteiger partial charge in [-0.05, 0) is 42.8 Å². The Morgan fingerprint density at radius 2 is 1.94 bits per heavy atom. The van der Waals surface area contributed by atoms with Crippen molar-refractivity contribution in [1.29, 1.82) is 0 Å². The molecule has 2 aromatic heterocycles. The van der Waals surface area contributed by atoms with E-state index in [1.54, 1.807) is 43.5 Å². The fourth-order valence-electron chi connectivity index (χ4n) is 2.78. The van der Waals surface area contributed by atoms with Crippen LogP contribution in [0.3, 0.4) is 0 Å². The van der Waals surface area contributed by atoms with E-state index in [-0.39, 0.29) is 18.2 Å². The number of halogens is 1. The SMILES string of the molecule is CCOC(=O)N(C)c1ccc(-c2ccc(C(=O)NCc3ccc(N)nc3)cn2)cc1F. The van der Waals surface area contributed by atoms with E-state index in [9.17, 15) is 14.0 Å². The number of aromatic nitrogens is 2. The fraction of sp³-hybridized carbons (Fsp3) is 0.182. The molecule has 0 unspecified atom stereocenters. The summed E-state index contributed by atoms with van der Waals surface area (Å²) in [5, 5.41) is 2.77. The molecule has 0 saturated heterocycles. The summed E-state index contributed by atoms with van der Waals surface area (Å²) >= 11 is 0. The fourth-order valence-corrected chi connectivity index (χ4v) is 2.78. The predicted octanol–water partition coefficient (Wildman–Crippen LogP) is 3.39. The van der Waals surface area contributed by atoms with Crippen molar-refractivity contribution < 1.29 is 18.7 Å². The zero-order chi connectivity index (χ0) is 22.4. The van der Waals surface area contributed by atoms with E-state index in [1.165, 1.54) is 25.4 Å². The van der Waals surface area contributed by atoms with Crippen LogP contribution in [0.25, 0.3) is 11.3 Å². The van der Waals surface area contributed by atoms with Gasteiger partial charge >= 0.3 is 6.09 Å². The molecular weight excluding hydrogens is 401 g/mol. The van der Waals surface area contributed by atoms with E-state index in [1.807, 2.05) is 0 Å². The highest BCUT2D eigenvalue weighted by atomic mass is 19.1. The maximum Gasteiger partial charge on any atom is 0.414 e. The summed E-state index contributed by atoms with van der Waals surface area (Å²) < 4.78 is 19.4. The highest BCUT2D eigenvalue weighted by molar-refractivity contribution is 5.94. The average molecular weight is 423 g/mol. The van der Waals surface area contributed by atoms with Crippen molar-refractivity contribution in [2.75, 3.05) is 24.3 Å². The molecule has 0 aliphatic rings. The quantitative estimate of drug-likeness (QED) is 0.629. The molecule has 1 aromatic carbocycles. The van der Waals surface area contributed by atoms with Gasteiger partial charge in [0.05, 0.1) is 23.6 Å². The molecular formula is C22H22FN5O3. The summed E-state index contributed by atoms with van der Waals surface area (Å²) in [6, 6.07) is 11.1. The molecule has 0 atom stereocenters. The minimum Gasteiger partial charge on any atom is -0.449 e. The third kappa shape index (κ3) is 5.33. The Hall–Kier alpha value is -4.01. The van der Waals surface area contributed by atoms with E-state index >= 15 is 0 Å². The smallest absolute Gasteiger partial charge is 0.414 e. The van der Waals surface area contributed by atoms with Crippen LogP contribution in [0, 0.1) is 5.82 Å². The number of benzene rings is 1. The van der Waals surface area contributed by atoms with Gasteiger partial charge in [0.1, 0.15) is 11.6 Å². The summed E-state index contributed by atoms with van der Waals surface area (Å²) in [6.07, 6.45) is 2.37.